The SMILES string of the molecule is FC1=CC=CC(=Cc2ccccc2)C1Cl. The molecule has 0 saturated carbocycles. The zero-order chi connectivity index (χ0) is 10.7. The smallest absolute Gasteiger partial charge is 0.122 e. The van der Waals surface area contributed by atoms with E-state index in [-0.39, 0.29) is 5.83 Å². The van der Waals surface area contributed by atoms with E-state index in [2.05, 4.69) is 0 Å². The Kier molecular flexibility index (Phi) is 3.02. The van der Waals surface area contributed by atoms with Gasteiger partial charge in [-0.3, -0.25) is 0 Å². The number of rotatable bonds is 1. The lowest BCUT2D eigenvalue weighted by molar-refractivity contribution is 0.614. The summed E-state index contributed by atoms with van der Waals surface area (Å²) in [4.78, 5) is 0. The third-order valence-corrected chi connectivity index (χ3v) is 2.67. The maximum atomic E-state index is 13.2. The highest BCUT2D eigenvalue weighted by Crippen LogP contribution is 2.26. The van der Waals surface area contributed by atoms with Crippen LogP contribution in [0.1, 0.15) is 5.56 Å². The van der Waals surface area contributed by atoms with Crippen molar-refractivity contribution in [3.05, 3.63) is 65.5 Å². The number of alkyl halides is 1. The third-order valence-electron chi connectivity index (χ3n) is 2.21. The lowest BCUT2D eigenvalue weighted by Gasteiger charge is -2.12. The molecule has 0 aliphatic heterocycles. The van der Waals surface area contributed by atoms with Gasteiger partial charge in [0.25, 0.3) is 0 Å². The summed E-state index contributed by atoms with van der Waals surface area (Å²) in [5.41, 5.74) is 1.81. The van der Waals surface area contributed by atoms with Gasteiger partial charge in [0.05, 0.1) is 0 Å². The molecular weight excluding hydrogens is 211 g/mol. The quantitative estimate of drug-likeness (QED) is 0.625. The Labute approximate surface area is 93.4 Å². The minimum atomic E-state index is -0.657. The van der Waals surface area contributed by atoms with Crippen molar-refractivity contribution >= 4 is 17.7 Å². The zero-order valence-electron chi connectivity index (χ0n) is 8.03. The van der Waals surface area contributed by atoms with Gasteiger partial charge in [0.2, 0.25) is 0 Å². The van der Waals surface area contributed by atoms with Gasteiger partial charge < -0.3 is 0 Å². The summed E-state index contributed by atoms with van der Waals surface area (Å²) >= 11 is 5.92. The van der Waals surface area contributed by atoms with E-state index in [1.165, 1.54) is 6.08 Å². The second-order valence-electron chi connectivity index (χ2n) is 3.33. The first kappa shape index (κ1) is 10.2. The number of hydrogen-bond acceptors (Lipinski definition) is 0. The molecule has 0 aromatic heterocycles. The average Bonchev–Trinajstić information content (AvgIpc) is 2.26. The van der Waals surface area contributed by atoms with Crippen LogP contribution in [0.2, 0.25) is 0 Å². The van der Waals surface area contributed by atoms with Crippen LogP contribution in [-0.4, -0.2) is 5.38 Å². The van der Waals surface area contributed by atoms with Gasteiger partial charge in [0.15, 0.2) is 0 Å². The van der Waals surface area contributed by atoms with Gasteiger partial charge in [-0.1, -0.05) is 42.5 Å². The van der Waals surface area contributed by atoms with Gasteiger partial charge in [-0.15, -0.1) is 11.6 Å². The molecule has 1 aliphatic carbocycles. The van der Waals surface area contributed by atoms with E-state index in [0.29, 0.717) is 0 Å². The lowest BCUT2D eigenvalue weighted by Crippen LogP contribution is -2.04. The molecule has 76 valence electrons. The number of halogens is 2. The van der Waals surface area contributed by atoms with Crippen LogP contribution in [0.4, 0.5) is 4.39 Å². The average molecular weight is 221 g/mol. The summed E-state index contributed by atoms with van der Waals surface area (Å²) in [6.45, 7) is 0. The van der Waals surface area contributed by atoms with E-state index in [1.807, 2.05) is 42.5 Å². The van der Waals surface area contributed by atoms with Crippen molar-refractivity contribution in [2.45, 2.75) is 5.38 Å². The number of benzene rings is 1. The molecule has 1 atom stereocenters. The molecule has 1 unspecified atom stereocenters. The molecule has 0 N–H and O–H groups in total. The fourth-order valence-electron chi connectivity index (χ4n) is 1.44. The summed E-state index contributed by atoms with van der Waals surface area (Å²) in [6, 6.07) is 9.74. The molecular formula is C13H10ClF. The molecule has 2 heteroatoms. The molecule has 0 heterocycles. The van der Waals surface area contributed by atoms with Crippen molar-refractivity contribution in [3.8, 4) is 0 Å². The Morgan fingerprint density at radius 2 is 1.93 bits per heavy atom. The van der Waals surface area contributed by atoms with Gasteiger partial charge in [-0.25, -0.2) is 4.39 Å². The minimum Gasteiger partial charge on any atom is -0.210 e. The number of allylic oxidation sites excluding steroid dienone is 5. The van der Waals surface area contributed by atoms with Gasteiger partial charge in [0.1, 0.15) is 11.2 Å². The van der Waals surface area contributed by atoms with Crippen LogP contribution in [0.5, 0.6) is 0 Å². The van der Waals surface area contributed by atoms with Gasteiger partial charge in [-0.05, 0) is 23.3 Å². The van der Waals surface area contributed by atoms with E-state index >= 15 is 0 Å². The van der Waals surface area contributed by atoms with Crippen molar-refractivity contribution in [1.82, 2.24) is 0 Å². The summed E-state index contributed by atoms with van der Waals surface area (Å²) < 4.78 is 13.2. The highest BCUT2D eigenvalue weighted by molar-refractivity contribution is 6.24. The molecule has 1 aromatic rings. The molecule has 0 bridgehead atoms. The van der Waals surface area contributed by atoms with Crippen LogP contribution in [0, 0.1) is 0 Å². The van der Waals surface area contributed by atoms with Crippen LogP contribution in [-0.2, 0) is 0 Å². The van der Waals surface area contributed by atoms with Gasteiger partial charge in [0, 0.05) is 0 Å². The van der Waals surface area contributed by atoms with Crippen LogP contribution >= 0.6 is 11.6 Å². The standard InChI is InChI=1S/C13H10ClF/c14-13-11(7-4-8-12(13)15)9-10-5-2-1-3-6-10/h1-9,13H. The molecule has 0 radical (unpaired) electrons. The summed E-state index contributed by atoms with van der Waals surface area (Å²) in [6.07, 6.45) is 6.78. The Balaban J connectivity index is 2.29. The maximum absolute atomic E-state index is 13.2. The summed E-state index contributed by atoms with van der Waals surface area (Å²) in [5.74, 6) is -0.304. The Hall–Kier alpha value is -1.34. The fraction of sp³-hybridized carbons (Fsp3) is 0.0769. The minimum absolute atomic E-state index is 0.304. The first-order valence-electron chi connectivity index (χ1n) is 4.72. The predicted octanol–water partition coefficient (Wildman–Crippen LogP) is 4.10. The molecule has 2 rings (SSSR count). The second-order valence-corrected chi connectivity index (χ2v) is 3.76. The van der Waals surface area contributed by atoms with Crippen LogP contribution in [0.25, 0.3) is 6.08 Å². The Morgan fingerprint density at radius 3 is 2.67 bits per heavy atom. The van der Waals surface area contributed by atoms with E-state index in [4.69, 9.17) is 11.6 Å². The topological polar surface area (TPSA) is 0 Å². The van der Waals surface area contributed by atoms with Crippen molar-refractivity contribution in [2.24, 2.45) is 0 Å². The molecule has 1 aromatic carbocycles. The first-order valence-corrected chi connectivity index (χ1v) is 5.15. The molecule has 0 saturated heterocycles. The molecule has 15 heavy (non-hydrogen) atoms. The van der Waals surface area contributed by atoms with Crippen molar-refractivity contribution in [2.75, 3.05) is 0 Å². The van der Waals surface area contributed by atoms with Crippen LogP contribution < -0.4 is 0 Å². The van der Waals surface area contributed by atoms with Crippen LogP contribution in [0.3, 0.4) is 0 Å². The van der Waals surface area contributed by atoms with Crippen molar-refractivity contribution < 1.29 is 4.39 Å². The third kappa shape index (κ3) is 2.37. The molecule has 0 amide bonds. The Bertz CT molecular complexity index is 429. The maximum Gasteiger partial charge on any atom is 0.122 e. The first-order chi connectivity index (χ1) is 7.27. The van der Waals surface area contributed by atoms with E-state index < -0.39 is 5.38 Å². The van der Waals surface area contributed by atoms with Crippen molar-refractivity contribution in [1.29, 1.82) is 0 Å². The monoisotopic (exact) mass is 220 g/mol. The van der Waals surface area contributed by atoms with E-state index in [1.54, 1.807) is 6.08 Å². The molecule has 1 aliphatic rings. The van der Waals surface area contributed by atoms with Gasteiger partial charge >= 0.3 is 0 Å². The number of hydrogen-bond donors (Lipinski definition) is 0. The Morgan fingerprint density at radius 1 is 1.20 bits per heavy atom. The fourth-order valence-corrected chi connectivity index (χ4v) is 1.65. The molecule has 0 spiro atoms. The normalized spacial score (nSPS) is 22.9. The lowest BCUT2D eigenvalue weighted by atomic mass is 10.0. The predicted molar refractivity (Wildman–Crippen MR) is 62.4 cm³/mol. The molecule has 0 fully saturated rings. The van der Waals surface area contributed by atoms with Gasteiger partial charge in [-0.2, -0.15) is 0 Å². The second kappa shape index (κ2) is 4.45. The molecule has 0 nitrogen and oxygen atoms in total. The largest absolute Gasteiger partial charge is 0.210 e. The van der Waals surface area contributed by atoms with E-state index in [9.17, 15) is 4.39 Å². The highest BCUT2D eigenvalue weighted by Gasteiger charge is 2.16. The van der Waals surface area contributed by atoms with E-state index in [0.717, 1.165) is 11.1 Å². The summed E-state index contributed by atoms with van der Waals surface area (Å²) in [5, 5.41) is -0.657. The van der Waals surface area contributed by atoms with Crippen LogP contribution in [0.15, 0.2) is 60.0 Å². The zero-order valence-corrected chi connectivity index (χ0v) is 8.79. The highest BCUT2D eigenvalue weighted by atomic mass is 35.5. The summed E-state index contributed by atoms with van der Waals surface area (Å²) in [7, 11) is 0. The van der Waals surface area contributed by atoms with Crippen molar-refractivity contribution in [3.63, 3.8) is 0 Å².